The molecule has 0 aromatic heterocycles. The molecule has 2 heterocycles. The largest absolute Gasteiger partial charge is 0.309 e. The molecule has 2 aliphatic heterocycles. The minimum Gasteiger partial charge on any atom is -0.309 e. The van der Waals surface area contributed by atoms with E-state index >= 15 is 0 Å². The van der Waals surface area contributed by atoms with Crippen molar-refractivity contribution >= 4 is 0 Å². The van der Waals surface area contributed by atoms with Gasteiger partial charge >= 0.3 is 0 Å². The molecular weight excluding hydrogens is 318 g/mol. The molecule has 1 unspecified atom stereocenters. The van der Waals surface area contributed by atoms with Crippen LogP contribution in [-0.4, -0.2) is 74.6 Å². The van der Waals surface area contributed by atoms with Crippen LogP contribution in [0.5, 0.6) is 0 Å². The second-order valence-corrected chi connectivity index (χ2v) is 7.88. The van der Waals surface area contributed by atoms with E-state index < -0.39 is 5.41 Å². The summed E-state index contributed by atoms with van der Waals surface area (Å²) in [7, 11) is 4.19. The van der Waals surface area contributed by atoms with Gasteiger partial charge in [0.05, 0.1) is 13.1 Å². The van der Waals surface area contributed by atoms with E-state index in [-0.39, 0.29) is 0 Å². The molecule has 0 aromatic carbocycles. The lowest BCUT2D eigenvalue weighted by molar-refractivity contribution is 0.255. The lowest BCUT2D eigenvalue weighted by atomic mass is 9.85. The molecule has 2 fully saturated rings. The van der Waals surface area contributed by atoms with Crippen molar-refractivity contribution in [2.24, 2.45) is 5.41 Å². The van der Waals surface area contributed by atoms with E-state index in [1.54, 1.807) is 0 Å². The molecule has 0 radical (unpaired) electrons. The Bertz CT molecular complexity index is 569. The number of terminal acetylenes is 1. The molecule has 142 valence electrons. The fraction of sp³-hybridized carbons (Fsp3) is 0.739. The third kappa shape index (κ3) is 7.43. The summed E-state index contributed by atoms with van der Waals surface area (Å²) in [5.41, 5.74) is -0.592. The molecule has 3 nitrogen and oxygen atoms in total. The highest BCUT2D eigenvalue weighted by Crippen LogP contribution is 2.22. The first-order valence-electron chi connectivity index (χ1n) is 10.2. The van der Waals surface area contributed by atoms with Crippen molar-refractivity contribution < 1.29 is 0 Å². The average Bonchev–Trinajstić information content (AvgIpc) is 3.15. The van der Waals surface area contributed by atoms with Crippen molar-refractivity contribution in [3.8, 4) is 36.0 Å². The monoisotopic (exact) mass is 353 g/mol. The summed E-state index contributed by atoms with van der Waals surface area (Å²) in [6.07, 6.45) is 14.3. The van der Waals surface area contributed by atoms with Gasteiger partial charge in [-0.25, -0.2) is 0 Å². The lowest BCUT2D eigenvalue weighted by Crippen LogP contribution is -2.30. The van der Waals surface area contributed by atoms with E-state index in [1.807, 2.05) is 0 Å². The Morgan fingerprint density at radius 1 is 0.846 bits per heavy atom. The summed E-state index contributed by atoms with van der Waals surface area (Å²) in [5.74, 6) is 16.4. The number of nitrogens with zero attached hydrogens (tertiary/aromatic N) is 3. The van der Waals surface area contributed by atoms with Crippen molar-refractivity contribution in [3.05, 3.63) is 0 Å². The Morgan fingerprint density at radius 2 is 1.35 bits per heavy atom. The number of rotatable bonds is 6. The summed E-state index contributed by atoms with van der Waals surface area (Å²) in [4.78, 5) is 7.05. The Labute approximate surface area is 161 Å². The first-order valence-corrected chi connectivity index (χ1v) is 10.2. The van der Waals surface area contributed by atoms with Crippen LogP contribution >= 0.6 is 0 Å². The van der Waals surface area contributed by atoms with Gasteiger partial charge in [-0.05, 0) is 85.3 Å². The van der Waals surface area contributed by atoms with Crippen LogP contribution in [0.2, 0.25) is 0 Å². The van der Waals surface area contributed by atoms with Gasteiger partial charge < -0.3 is 4.90 Å². The minimum atomic E-state index is -0.592. The summed E-state index contributed by atoms with van der Waals surface area (Å²) in [6.45, 7) is 7.33. The zero-order valence-electron chi connectivity index (χ0n) is 16.8. The van der Waals surface area contributed by atoms with Gasteiger partial charge in [-0.1, -0.05) is 36.0 Å². The van der Waals surface area contributed by atoms with Gasteiger partial charge in [-0.2, -0.15) is 0 Å². The SMILES string of the molecule is C#CC(C#CCN1CCCCC1)(C#CCN1CCCC1)CCCN(C)C. The summed E-state index contributed by atoms with van der Waals surface area (Å²) in [5, 5.41) is 0. The van der Waals surface area contributed by atoms with E-state index in [0.717, 1.165) is 32.5 Å². The molecule has 0 aliphatic carbocycles. The summed E-state index contributed by atoms with van der Waals surface area (Å²) >= 11 is 0. The van der Waals surface area contributed by atoms with Gasteiger partial charge in [-0.15, -0.1) is 6.42 Å². The van der Waals surface area contributed by atoms with Gasteiger partial charge in [0, 0.05) is 0 Å². The van der Waals surface area contributed by atoms with Gasteiger partial charge in [0.15, 0.2) is 5.41 Å². The van der Waals surface area contributed by atoms with Crippen LogP contribution < -0.4 is 0 Å². The molecule has 0 aromatic rings. The first-order chi connectivity index (χ1) is 12.6. The summed E-state index contributed by atoms with van der Waals surface area (Å²) in [6, 6.07) is 0. The van der Waals surface area contributed by atoms with Crippen molar-refractivity contribution in [2.75, 3.05) is 59.9 Å². The second kappa shape index (κ2) is 11.3. The maximum atomic E-state index is 5.94. The highest BCUT2D eigenvalue weighted by molar-refractivity contribution is 5.37. The molecule has 2 rings (SSSR count). The zero-order valence-corrected chi connectivity index (χ0v) is 16.8. The van der Waals surface area contributed by atoms with Crippen molar-refractivity contribution in [1.82, 2.24) is 14.7 Å². The second-order valence-electron chi connectivity index (χ2n) is 7.88. The molecule has 0 bridgehead atoms. The van der Waals surface area contributed by atoms with E-state index in [1.165, 1.54) is 58.3 Å². The third-order valence-corrected chi connectivity index (χ3v) is 5.26. The minimum absolute atomic E-state index is 0.592. The van der Waals surface area contributed by atoms with E-state index in [0.29, 0.717) is 0 Å². The lowest BCUT2D eigenvalue weighted by Gasteiger charge is -2.24. The van der Waals surface area contributed by atoms with Crippen molar-refractivity contribution in [1.29, 1.82) is 0 Å². The van der Waals surface area contributed by atoms with E-state index in [4.69, 9.17) is 6.42 Å². The van der Waals surface area contributed by atoms with E-state index in [9.17, 15) is 0 Å². The van der Waals surface area contributed by atoms with Gasteiger partial charge in [0.2, 0.25) is 0 Å². The quantitative estimate of drug-likeness (QED) is 0.680. The highest BCUT2D eigenvalue weighted by atomic mass is 15.1. The van der Waals surface area contributed by atoms with Crippen molar-refractivity contribution in [2.45, 2.75) is 44.9 Å². The highest BCUT2D eigenvalue weighted by Gasteiger charge is 2.22. The molecule has 3 heteroatoms. The molecular formula is C23H35N3. The number of hydrogen-bond donors (Lipinski definition) is 0. The first kappa shape index (κ1) is 20.9. The molecule has 0 spiro atoms. The Balaban J connectivity index is 2.00. The van der Waals surface area contributed by atoms with Gasteiger partial charge in [0.1, 0.15) is 0 Å². The molecule has 0 N–H and O–H groups in total. The predicted molar refractivity (Wildman–Crippen MR) is 111 cm³/mol. The van der Waals surface area contributed by atoms with Gasteiger partial charge in [-0.3, -0.25) is 9.80 Å². The smallest absolute Gasteiger partial charge is 0.151 e. The van der Waals surface area contributed by atoms with Crippen LogP contribution in [0.25, 0.3) is 0 Å². The standard InChI is InChI=1S/C23H35N3/c1-4-23(13-10-16-24(2)3,15-12-22-26-19-8-9-20-26)14-11-21-25-17-6-5-7-18-25/h1H,5-10,13,16-22H2,2-3H3. The topological polar surface area (TPSA) is 9.72 Å². The predicted octanol–water partition coefficient (Wildman–Crippen LogP) is 2.54. The summed E-state index contributed by atoms with van der Waals surface area (Å²) < 4.78 is 0. The van der Waals surface area contributed by atoms with Crippen molar-refractivity contribution in [3.63, 3.8) is 0 Å². The fourth-order valence-electron chi connectivity index (χ4n) is 3.62. The normalized spacial score (nSPS) is 20.5. The molecule has 1 atom stereocenters. The van der Waals surface area contributed by atoms with Gasteiger partial charge in [0.25, 0.3) is 0 Å². The number of piperidine rings is 1. The van der Waals surface area contributed by atoms with Crippen LogP contribution in [-0.2, 0) is 0 Å². The van der Waals surface area contributed by atoms with Crippen LogP contribution in [0.15, 0.2) is 0 Å². The third-order valence-electron chi connectivity index (χ3n) is 5.26. The van der Waals surface area contributed by atoms with Crippen LogP contribution in [0, 0.1) is 41.4 Å². The Hall–Kier alpha value is -1.44. The Morgan fingerprint density at radius 3 is 1.81 bits per heavy atom. The average molecular weight is 354 g/mol. The fourth-order valence-corrected chi connectivity index (χ4v) is 3.62. The molecule has 26 heavy (non-hydrogen) atoms. The molecule has 2 saturated heterocycles. The maximum absolute atomic E-state index is 5.94. The number of likely N-dealkylation sites (tertiary alicyclic amines) is 2. The van der Waals surface area contributed by atoms with Crippen LogP contribution in [0.4, 0.5) is 0 Å². The van der Waals surface area contributed by atoms with E-state index in [2.05, 4.69) is 58.4 Å². The molecule has 0 amide bonds. The molecule has 0 saturated carbocycles. The molecule has 2 aliphatic rings. The number of hydrogen-bond acceptors (Lipinski definition) is 3. The van der Waals surface area contributed by atoms with Crippen LogP contribution in [0.1, 0.15) is 44.9 Å². The zero-order chi connectivity index (χ0) is 18.7. The van der Waals surface area contributed by atoms with Crippen LogP contribution in [0.3, 0.4) is 0 Å². The maximum Gasteiger partial charge on any atom is 0.151 e. The Kier molecular flexibility index (Phi) is 9.08.